The van der Waals surface area contributed by atoms with E-state index in [1.807, 2.05) is 50.4 Å². The van der Waals surface area contributed by atoms with E-state index in [1.165, 1.54) is 0 Å². The summed E-state index contributed by atoms with van der Waals surface area (Å²) in [5, 5.41) is 24.4. The lowest BCUT2D eigenvalue weighted by molar-refractivity contribution is -0.0791. The number of aliphatic hydroxyl groups is 2. The van der Waals surface area contributed by atoms with E-state index < -0.39 is 30.1 Å². The van der Waals surface area contributed by atoms with Gasteiger partial charge in [-0.1, -0.05) is 0 Å². The zero-order chi connectivity index (χ0) is 23.8. The molecule has 2 aliphatic rings. The maximum absolute atomic E-state index is 11.4. The van der Waals surface area contributed by atoms with Gasteiger partial charge in [-0.15, -0.1) is 0 Å². The number of hydrogen-bond donors (Lipinski definition) is 3. The number of halogens is 1. The van der Waals surface area contributed by atoms with Crippen molar-refractivity contribution < 1.29 is 19.7 Å². The van der Waals surface area contributed by atoms with E-state index >= 15 is 0 Å². The number of nitrogens with zero attached hydrogens (tertiary/aromatic N) is 4. The van der Waals surface area contributed by atoms with Crippen LogP contribution in [0.3, 0.4) is 0 Å². The molecule has 3 aromatic heterocycles. The maximum atomic E-state index is 11.4. The number of benzene rings is 1. The van der Waals surface area contributed by atoms with Gasteiger partial charge in [0, 0.05) is 23.0 Å². The molecule has 4 aromatic rings. The summed E-state index contributed by atoms with van der Waals surface area (Å²) in [6, 6.07) is 9.39. The Morgan fingerprint density at radius 3 is 2.85 bits per heavy atom. The molecule has 0 unspecified atom stereocenters. The van der Waals surface area contributed by atoms with Crippen LogP contribution in [-0.2, 0) is 4.74 Å². The number of fused-ring (bicyclic) bond motifs is 3. The zero-order valence-corrected chi connectivity index (χ0v) is 20.2. The molecule has 0 amide bonds. The lowest BCUT2D eigenvalue weighted by atomic mass is 9.94. The largest absolute Gasteiger partial charge is 0.488 e. The highest BCUT2D eigenvalue weighted by Gasteiger charge is 2.62. The Hall–Kier alpha value is -2.79. The van der Waals surface area contributed by atoms with Crippen molar-refractivity contribution in [2.75, 3.05) is 5.73 Å². The van der Waals surface area contributed by atoms with Crippen LogP contribution < -0.4 is 10.5 Å². The van der Waals surface area contributed by atoms with Crippen LogP contribution in [0.2, 0.25) is 0 Å². The molecule has 0 spiro atoms. The molecule has 9 nitrogen and oxygen atoms in total. The number of ether oxygens (including phenoxy) is 2. The Morgan fingerprint density at radius 2 is 2.03 bits per heavy atom. The first-order valence-corrected chi connectivity index (χ1v) is 11.9. The first-order valence-electron chi connectivity index (χ1n) is 11.1. The van der Waals surface area contributed by atoms with Crippen LogP contribution in [0.15, 0.2) is 41.0 Å². The molecule has 176 valence electrons. The number of rotatable bonds is 3. The van der Waals surface area contributed by atoms with Crippen LogP contribution in [-0.4, -0.2) is 53.6 Å². The monoisotopic (exact) mass is 525 g/mol. The van der Waals surface area contributed by atoms with Gasteiger partial charge in [0.1, 0.15) is 47.0 Å². The third kappa shape index (κ3) is 3.20. The van der Waals surface area contributed by atoms with Crippen molar-refractivity contribution in [3.63, 3.8) is 0 Å². The van der Waals surface area contributed by atoms with Gasteiger partial charge in [0.2, 0.25) is 0 Å². The molecule has 34 heavy (non-hydrogen) atoms. The summed E-state index contributed by atoms with van der Waals surface area (Å²) in [4.78, 5) is 13.4. The number of hydrogen-bond acceptors (Lipinski definition) is 8. The minimum absolute atomic E-state index is 0.359. The standard InChI is InChI=1S/C24H24BrN5O4/c1-11-15-6-8-30(22(15)28-12(2)27-11)23-19(31)24(32)7-5-18(20(24)34-23)33-14-4-3-13-9-16(25)21(26)29-17(13)10-14/h3-4,6,8-10,18-20,23,31-32H,5,7H2,1-2H3,(H2,26,29)/t18-,19-,20+,23+,24-/m0/s1. The number of aryl methyl sites for hydroxylation is 2. The lowest BCUT2D eigenvalue weighted by Gasteiger charge is -2.26. The van der Waals surface area contributed by atoms with Crippen molar-refractivity contribution >= 4 is 43.7 Å². The van der Waals surface area contributed by atoms with E-state index in [0.29, 0.717) is 41.4 Å². The second-order valence-corrected chi connectivity index (χ2v) is 9.96. The quantitative estimate of drug-likeness (QED) is 0.372. The van der Waals surface area contributed by atoms with Crippen molar-refractivity contribution in [2.24, 2.45) is 0 Å². The third-order valence-corrected chi connectivity index (χ3v) is 7.57. The van der Waals surface area contributed by atoms with Crippen molar-refractivity contribution in [1.82, 2.24) is 19.5 Å². The number of aromatic nitrogens is 4. The Morgan fingerprint density at radius 1 is 1.21 bits per heavy atom. The minimum atomic E-state index is -1.42. The molecule has 1 aliphatic heterocycles. The highest BCUT2D eigenvalue weighted by Crippen LogP contribution is 2.48. The van der Waals surface area contributed by atoms with Gasteiger partial charge < -0.3 is 30.0 Å². The van der Waals surface area contributed by atoms with Crippen molar-refractivity contribution in [1.29, 1.82) is 0 Å². The van der Waals surface area contributed by atoms with Gasteiger partial charge in [-0.25, -0.2) is 15.0 Å². The summed E-state index contributed by atoms with van der Waals surface area (Å²) in [5.74, 6) is 1.64. The highest BCUT2D eigenvalue weighted by atomic mass is 79.9. The van der Waals surface area contributed by atoms with Crippen molar-refractivity contribution in [3.05, 3.63) is 52.5 Å². The molecule has 4 heterocycles. The predicted octanol–water partition coefficient (Wildman–Crippen LogP) is 3.17. The Kier molecular flexibility index (Phi) is 4.86. The van der Waals surface area contributed by atoms with E-state index in [4.69, 9.17) is 15.2 Å². The number of nitrogen functional groups attached to an aromatic ring is 1. The number of anilines is 1. The predicted molar refractivity (Wildman–Crippen MR) is 129 cm³/mol. The minimum Gasteiger partial charge on any atom is -0.488 e. The van der Waals surface area contributed by atoms with E-state index in [2.05, 4.69) is 30.9 Å². The first kappa shape index (κ1) is 21.7. The number of aliphatic hydroxyl groups excluding tert-OH is 1. The zero-order valence-electron chi connectivity index (χ0n) is 18.6. The van der Waals surface area contributed by atoms with Crippen LogP contribution in [0.1, 0.15) is 30.6 Å². The molecule has 1 aliphatic carbocycles. The molecule has 0 bridgehead atoms. The van der Waals surface area contributed by atoms with E-state index in [0.717, 1.165) is 20.9 Å². The molecule has 1 aromatic carbocycles. The van der Waals surface area contributed by atoms with Crippen molar-refractivity contribution in [2.45, 2.75) is 56.8 Å². The van der Waals surface area contributed by atoms with Gasteiger partial charge in [0.05, 0.1) is 15.7 Å². The van der Waals surface area contributed by atoms with Gasteiger partial charge in [-0.05, 0) is 66.9 Å². The average Bonchev–Trinajstić information content (AvgIpc) is 3.42. The molecular formula is C24H24BrN5O4. The molecule has 1 saturated heterocycles. The smallest absolute Gasteiger partial charge is 0.164 e. The first-order chi connectivity index (χ1) is 16.2. The SMILES string of the molecule is Cc1nc(C)c2ccn([C@@H]3O[C@@H]4[C@@H](Oc5ccc6cc(Br)c(N)nc6c5)CC[C@]4(O)[C@H]3O)c2n1. The summed E-state index contributed by atoms with van der Waals surface area (Å²) >= 11 is 3.40. The summed E-state index contributed by atoms with van der Waals surface area (Å²) in [5.41, 5.74) is 6.74. The normalized spacial score (nSPS) is 28.6. The summed E-state index contributed by atoms with van der Waals surface area (Å²) in [6.45, 7) is 3.75. The van der Waals surface area contributed by atoms with Gasteiger partial charge in [0.25, 0.3) is 0 Å². The summed E-state index contributed by atoms with van der Waals surface area (Å²) in [6.07, 6.45) is -0.334. The second-order valence-electron chi connectivity index (χ2n) is 9.10. The van der Waals surface area contributed by atoms with Gasteiger partial charge >= 0.3 is 0 Å². The van der Waals surface area contributed by atoms with Gasteiger partial charge in [-0.2, -0.15) is 0 Å². The number of nitrogens with two attached hydrogens (primary N) is 1. The Bertz CT molecular complexity index is 1440. The van der Waals surface area contributed by atoms with Crippen LogP contribution in [0.25, 0.3) is 21.9 Å². The summed E-state index contributed by atoms with van der Waals surface area (Å²) in [7, 11) is 0. The molecular weight excluding hydrogens is 502 g/mol. The number of pyridine rings is 1. The second kappa shape index (κ2) is 7.61. The Balaban J connectivity index is 1.30. The maximum Gasteiger partial charge on any atom is 0.164 e. The molecule has 4 N–H and O–H groups in total. The fraction of sp³-hybridized carbons (Fsp3) is 0.375. The molecule has 6 rings (SSSR count). The molecule has 1 saturated carbocycles. The van der Waals surface area contributed by atoms with Crippen molar-refractivity contribution in [3.8, 4) is 5.75 Å². The fourth-order valence-corrected chi connectivity index (χ4v) is 5.57. The Labute approximate surface area is 203 Å². The van der Waals surface area contributed by atoms with Crippen LogP contribution in [0, 0.1) is 13.8 Å². The topological polar surface area (TPSA) is 129 Å². The van der Waals surface area contributed by atoms with Gasteiger partial charge in [-0.3, -0.25) is 0 Å². The summed E-state index contributed by atoms with van der Waals surface area (Å²) < 4.78 is 15.0. The molecule has 5 atom stereocenters. The fourth-order valence-electron chi connectivity index (χ4n) is 5.23. The average molecular weight is 526 g/mol. The van der Waals surface area contributed by atoms with E-state index in [1.54, 1.807) is 4.57 Å². The van der Waals surface area contributed by atoms with Crippen LogP contribution >= 0.6 is 15.9 Å². The third-order valence-electron chi connectivity index (χ3n) is 6.93. The van der Waals surface area contributed by atoms with Gasteiger partial charge in [0.15, 0.2) is 6.23 Å². The lowest BCUT2D eigenvalue weighted by Crippen LogP contribution is -2.47. The highest BCUT2D eigenvalue weighted by molar-refractivity contribution is 9.10. The molecule has 10 heteroatoms. The van der Waals surface area contributed by atoms with E-state index in [-0.39, 0.29) is 0 Å². The van der Waals surface area contributed by atoms with E-state index in [9.17, 15) is 10.2 Å². The molecule has 2 fully saturated rings. The van der Waals surface area contributed by atoms with Crippen LogP contribution in [0.5, 0.6) is 5.75 Å². The van der Waals surface area contributed by atoms with Crippen LogP contribution in [0.4, 0.5) is 5.82 Å². The molecule has 0 radical (unpaired) electrons.